The molecular formula is C11H18BrN3O. The lowest BCUT2D eigenvalue weighted by Crippen LogP contribution is -2.09. The molecule has 0 fully saturated rings. The molecule has 90 valence electrons. The molecule has 0 saturated heterocycles. The summed E-state index contributed by atoms with van der Waals surface area (Å²) in [5, 5.41) is 3.23. The Balaban J connectivity index is 2.97. The minimum absolute atomic E-state index is 0.649. The minimum Gasteiger partial charge on any atom is -0.384 e. The van der Waals surface area contributed by atoms with E-state index in [2.05, 4.69) is 45.1 Å². The van der Waals surface area contributed by atoms with Gasteiger partial charge in [0.05, 0.1) is 16.8 Å². The topological polar surface area (TPSA) is 47.0 Å². The van der Waals surface area contributed by atoms with E-state index in [0.717, 1.165) is 41.2 Å². The molecule has 0 unspecified atom stereocenters. The normalized spacial score (nSPS) is 10.5. The van der Waals surface area contributed by atoms with E-state index in [0.29, 0.717) is 6.61 Å². The SMILES string of the molecule is CCNc1nc(CCOC)nc(CC)c1Br. The smallest absolute Gasteiger partial charge is 0.144 e. The molecule has 1 heterocycles. The van der Waals surface area contributed by atoms with E-state index in [1.54, 1.807) is 7.11 Å². The fourth-order valence-electron chi connectivity index (χ4n) is 1.37. The van der Waals surface area contributed by atoms with Crippen LogP contribution in [-0.2, 0) is 17.6 Å². The Hall–Kier alpha value is -0.680. The molecular weight excluding hydrogens is 270 g/mol. The summed E-state index contributed by atoms with van der Waals surface area (Å²) >= 11 is 3.53. The molecule has 0 radical (unpaired) electrons. The van der Waals surface area contributed by atoms with E-state index in [9.17, 15) is 0 Å². The molecule has 0 aliphatic carbocycles. The second-order valence-electron chi connectivity index (χ2n) is 3.38. The second-order valence-corrected chi connectivity index (χ2v) is 4.17. The summed E-state index contributed by atoms with van der Waals surface area (Å²) in [7, 11) is 1.69. The number of methoxy groups -OCH3 is 1. The van der Waals surface area contributed by atoms with Crippen LogP contribution in [0.25, 0.3) is 0 Å². The largest absolute Gasteiger partial charge is 0.384 e. The molecule has 0 amide bonds. The van der Waals surface area contributed by atoms with Crippen molar-refractivity contribution in [1.82, 2.24) is 9.97 Å². The Morgan fingerprint density at radius 2 is 2.06 bits per heavy atom. The zero-order valence-corrected chi connectivity index (χ0v) is 11.6. The first-order valence-electron chi connectivity index (χ1n) is 5.51. The van der Waals surface area contributed by atoms with Crippen LogP contribution in [0.3, 0.4) is 0 Å². The summed E-state index contributed by atoms with van der Waals surface area (Å²) in [5.41, 5.74) is 1.04. The standard InChI is InChI=1S/C11H18BrN3O/c1-4-8-10(12)11(13-5-2)15-9(14-8)6-7-16-3/h4-7H2,1-3H3,(H,13,14,15). The van der Waals surface area contributed by atoms with Crippen LogP contribution >= 0.6 is 15.9 Å². The van der Waals surface area contributed by atoms with Crippen molar-refractivity contribution in [2.45, 2.75) is 26.7 Å². The first-order chi connectivity index (χ1) is 7.72. The summed E-state index contributed by atoms with van der Waals surface area (Å²) in [5.74, 6) is 1.71. The van der Waals surface area contributed by atoms with Gasteiger partial charge in [0.25, 0.3) is 0 Å². The van der Waals surface area contributed by atoms with E-state index in [4.69, 9.17) is 4.74 Å². The Morgan fingerprint density at radius 1 is 1.31 bits per heavy atom. The van der Waals surface area contributed by atoms with Gasteiger partial charge in [-0.15, -0.1) is 0 Å². The predicted molar refractivity (Wildman–Crippen MR) is 68.9 cm³/mol. The van der Waals surface area contributed by atoms with Gasteiger partial charge in [0.15, 0.2) is 0 Å². The van der Waals surface area contributed by atoms with Gasteiger partial charge >= 0.3 is 0 Å². The van der Waals surface area contributed by atoms with Gasteiger partial charge in [-0.05, 0) is 29.3 Å². The first kappa shape index (κ1) is 13.4. The molecule has 0 atom stereocenters. The third-order valence-corrected chi connectivity index (χ3v) is 3.01. The number of nitrogens with zero attached hydrogens (tertiary/aromatic N) is 2. The molecule has 4 nitrogen and oxygen atoms in total. The number of aromatic nitrogens is 2. The number of anilines is 1. The van der Waals surface area contributed by atoms with Gasteiger partial charge in [-0.2, -0.15) is 0 Å². The van der Waals surface area contributed by atoms with Gasteiger partial charge in [0, 0.05) is 20.1 Å². The van der Waals surface area contributed by atoms with E-state index in [1.165, 1.54) is 0 Å². The molecule has 0 aliphatic heterocycles. The van der Waals surface area contributed by atoms with Crippen LogP contribution in [-0.4, -0.2) is 30.2 Å². The summed E-state index contributed by atoms with van der Waals surface area (Å²) in [6, 6.07) is 0. The van der Waals surface area contributed by atoms with Crippen LogP contribution in [0.15, 0.2) is 4.47 Å². The monoisotopic (exact) mass is 287 g/mol. The lowest BCUT2D eigenvalue weighted by atomic mass is 10.3. The third-order valence-electron chi connectivity index (χ3n) is 2.18. The fraction of sp³-hybridized carbons (Fsp3) is 0.636. The average molecular weight is 288 g/mol. The van der Waals surface area contributed by atoms with E-state index < -0.39 is 0 Å². The number of halogens is 1. The maximum absolute atomic E-state index is 5.04. The quantitative estimate of drug-likeness (QED) is 0.873. The molecule has 1 N–H and O–H groups in total. The summed E-state index contributed by atoms with van der Waals surface area (Å²) in [6.45, 7) is 5.64. The zero-order valence-electron chi connectivity index (χ0n) is 10.0. The highest BCUT2D eigenvalue weighted by Gasteiger charge is 2.10. The molecule has 0 saturated carbocycles. The van der Waals surface area contributed by atoms with Gasteiger partial charge in [0.1, 0.15) is 11.6 Å². The van der Waals surface area contributed by atoms with Crippen LogP contribution in [0.1, 0.15) is 25.4 Å². The van der Waals surface area contributed by atoms with Crippen LogP contribution in [0.2, 0.25) is 0 Å². The summed E-state index contributed by atoms with van der Waals surface area (Å²) in [6.07, 6.45) is 1.64. The zero-order chi connectivity index (χ0) is 12.0. The maximum Gasteiger partial charge on any atom is 0.144 e. The van der Waals surface area contributed by atoms with Crippen LogP contribution in [0, 0.1) is 0 Å². The number of hydrogen-bond acceptors (Lipinski definition) is 4. The van der Waals surface area contributed by atoms with Gasteiger partial charge in [0.2, 0.25) is 0 Å². The molecule has 0 aromatic carbocycles. The van der Waals surface area contributed by atoms with E-state index in [1.807, 2.05) is 0 Å². The van der Waals surface area contributed by atoms with Crippen molar-refractivity contribution in [2.24, 2.45) is 0 Å². The van der Waals surface area contributed by atoms with Crippen molar-refractivity contribution in [1.29, 1.82) is 0 Å². The van der Waals surface area contributed by atoms with Crippen molar-refractivity contribution in [2.75, 3.05) is 25.6 Å². The lowest BCUT2D eigenvalue weighted by Gasteiger charge is -2.10. The van der Waals surface area contributed by atoms with Gasteiger partial charge in [-0.3, -0.25) is 0 Å². The summed E-state index contributed by atoms with van der Waals surface area (Å²) < 4.78 is 6.01. The summed E-state index contributed by atoms with van der Waals surface area (Å²) in [4.78, 5) is 8.95. The molecule has 5 heteroatoms. The molecule has 0 aliphatic rings. The molecule has 0 spiro atoms. The minimum atomic E-state index is 0.649. The molecule has 16 heavy (non-hydrogen) atoms. The van der Waals surface area contributed by atoms with Crippen LogP contribution < -0.4 is 5.32 Å². The fourth-order valence-corrected chi connectivity index (χ4v) is 1.97. The van der Waals surface area contributed by atoms with Crippen molar-refractivity contribution in [3.8, 4) is 0 Å². The predicted octanol–water partition coefficient (Wildman–Crippen LogP) is 2.42. The van der Waals surface area contributed by atoms with Crippen molar-refractivity contribution >= 4 is 21.7 Å². The van der Waals surface area contributed by atoms with Gasteiger partial charge < -0.3 is 10.1 Å². The molecule has 1 aromatic rings. The van der Waals surface area contributed by atoms with Crippen molar-refractivity contribution < 1.29 is 4.74 Å². The first-order valence-corrected chi connectivity index (χ1v) is 6.30. The number of hydrogen-bond donors (Lipinski definition) is 1. The van der Waals surface area contributed by atoms with Gasteiger partial charge in [-0.25, -0.2) is 9.97 Å². The number of rotatable bonds is 6. The van der Waals surface area contributed by atoms with E-state index in [-0.39, 0.29) is 0 Å². The van der Waals surface area contributed by atoms with Crippen LogP contribution in [0.4, 0.5) is 5.82 Å². The Bertz CT molecular complexity index is 344. The third kappa shape index (κ3) is 3.42. The van der Waals surface area contributed by atoms with Crippen molar-refractivity contribution in [3.05, 3.63) is 16.0 Å². The molecule has 0 bridgehead atoms. The number of aryl methyl sites for hydroxylation is 1. The number of nitrogens with one attached hydrogen (secondary N) is 1. The average Bonchev–Trinajstić information content (AvgIpc) is 2.30. The highest BCUT2D eigenvalue weighted by Crippen LogP contribution is 2.24. The second kappa shape index (κ2) is 6.81. The van der Waals surface area contributed by atoms with Gasteiger partial charge in [-0.1, -0.05) is 6.92 Å². The van der Waals surface area contributed by atoms with Crippen LogP contribution in [0.5, 0.6) is 0 Å². The Kier molecular flexibility index (Phi) is 5.69. The van der Waals surface area contributed by atoms with E-state index >= 15 is 0 Å². The lowest BCUT2D eigenvalue weighted by molar-refractivity contribution is 0.200. The molecule has 1 rings (SSSR count). The highest BCUT2D eigenvalue weighted by molar-refractivity contribution is 9.10. The number of ether oxygens (including phenoxy) is 1. The maximum atomic E-state index is 5.04. The Labute approximate surface area is 105 Å². The molecule has 1 aromatic heterocycles. The van der Waals surface area contributed by atoms with Crippen molar-refractivity contribution in [3.63, 3.8) is 0 Å². The highest BCUT2D eigenvalue weighted by atomic mass is 79.9. The Morgan fingerprint density at radius 3 is 2.62 bits per heavy atom.